The van der Waals surface area contributed by atoms with E-state index in [0.717, 1.165) is 52.6 Å². The molecule has 4 heteroatoms. The zero-order valence-electron chi connectivity index (χ0n) is 10.1. The van der Waals surface area contributed by atoms with E-state index in [0.29, 0.717) is 0 Å². The van der Waals surface area contributed by atoms with Crippen molar-refractivity contribution >= 4 is 0 Å². The Morgan fingerprint density at radius 3 is 1.60 bits per heavy atom. The molecule has 0 N–H and O–H groups in total. The second-order valence-corrected chi connectivity index (χ2v) is 3.96. The van der Waals surface area contributed by atoms with Crippen molar-refractivity contribution in [2.45, 2.75) is 6.92 Å². The highest BCUT2D eigenvalue weighted by atomic mass is 16.5. The van der Waals surface area contributed by atoms with E-state index in [1.807, 2.05) is 0 Å². The van der Waals surface area contributed by atoms with Gasteiger partial charge < -0.3 is 14.4 Å². The fourth-order valence-corrected chi connectivity index (χ4v) is 1.57. The monoisotopic (exact) mass is 216 g/mol. The highest BCUT2D eigenvalue weighted by Gasteiger charge is 2.05. The van der Waals surface area contributed by atoms with Crippen LogP contribution in [0.3, 0.4) is 0 Å². The summed E-state index contributed by atoms with van der Waals surface area (Å²) in [5, 5.41) is 0. The zero-order chi connectivity index (χ0) is 10.9. The minimum Gasteiger partial charge on any atom is -0.379 e. The van der Waals surface area contributed by atoms with Crippen molar-refractivity contribution < 1.29 is 9.47 Å². The van der Waals surface area contributed by atoms with E-state index in [4.69, 9.17) is 9.47 Å². The van der Waals surface area contributed by atoms with E-state index in [9.17, 15) is 0 Å². The first-order valence-electron chi connectivity index (χ1n) is 5.89. The van der Waals surface area contributed by atoms with Gasteiger partial charge in [-0.3, -0.25) is 4.90 Å². The molecule has 0 aromatic carbocycles. The Hall–Kier alpha value is -0.160. The molecule has 0 radical (unpaired) electrons. The minimum absolute atomic E-state index is 0.913. The third-order valence-electron chi connectivity index (χ3n) is 2.79. The SMILES string of the molecule is CCN1CCOCC1.CN1CCOCC1. The maximum absolute atomic E-state index is 5.16. The molecule has 0 aromatic heterocycles. The van der Waals surface area contributed by atoms with Crippen molar-refractivity contribution in [1.29, 1.82) is 0 Å². The van der Waals surface area contributed by atoms with Crippen molar-refractivity contribution in [2.24, 2.45) is 0 Å². The van der Waals surface area contributed by atoms with Gasteiger partial charge in [-0.2, -0.15) is 0 Å². The Balaban J connectivity index is 0.000000151. The third-order valence-corrected chi connectivity index (χ3v) is 2.79. The van der Waals surface area contributed by atoms with Gasteiger partial charge in [-0.15, -0.1) is 0 Å². The van der Waals surface area contributed by atoms with Gasteiger partial charge in [-0.05, 0) is 13.6 Å². The largest absolute Gasteiger partial charge is 0.379 e. The van der Waals surface area contributed by atoms with Crippen LogP contribution in [0.5, 0.6) is 0 Å². The number of hydrogen-bond acceptors (Lipinski definition) is 4. The first-order chi connectivity index (χ1) is 7.33. The Morgan fingerprint density at radius 1 is 0.867 bits per heavy atom. The molecule has 0 spiro atoms. The van der Waals surface area contributed by atoms with Crippen LogP contribution in [0, 0.1) is 0 Å². The van der Waals surface area contributed by atoms with E-state index in [-0.39, 0.29) is 0 Å². The molecule has 2 fully saturated rings. The van der Waals surface area contributed by atoms with Gasteiger partial charge in [0.05, 0.1) is 26.4 Å². The van der Waals surface area contributed by atoms with E-state index < -0.39 is 0 Å². The second kappa shape index (κ2) is 8.05. The lowest BCUT2D eigenvalue weighted by Crippen LogP contribution is -2.35. The summed E-state index contributed by atoms with van der Waals surface area (Å²) in [5.74, 6) is 0. The maximum Gasteiger partial charge on any atom is 0.0594 e. The van der Waals surface area contributed by atoms with Crippen molar-refractivity contribution in [3.63, 3.8) is 0 Å². The standard InChI is InChI=1S/C6H13NO.C5H11NO/c1-2-7-3-5-8-6-4-7;1-6-2-4-7-5-3-6/h2-6H2,1H3;2-5H2,1H3. The normalized spacial score (nSPS) is 24.4. The topological polar surface area (TPSA) is 24.9 Å². The van der Waals surface area contributed by atoms with E-state index in [1.54, 1.807) is 0 Å². The molecule has 0 bridgehead atoms. The molecule has 0 saturated carbocycles. The molecule has 4 nitrogen and oxygen atoms in total. The van der Waals surface area contributed by atoms with Crippen LogP contribution in [0.2, 0.25) is 0 Å². The van der Waals surface area contributed by atoms with Crippen molar-refractivity contribution in [3.8, 4) is 0 Å². The van der Waals surface area contributed by atoms with Crippen LogP contribution < -0.4 is 0 Å². The van der Waals surface area contributed by atoms with Gasteiger partial charge in [0.15, 0.2) is 0 Å². The quantitative estimate of drug-likeness (QED) is 0.629. The molecule has 2 heterocycles. The Labute approximate surface area is 93.1 Å². The number of hydrogen-bond donors (Lipinski definition) is 0. The number of nitrogens with zero attached hydrogens (tertiary/aromatic N) is 2. The average Bonchev–Trinajstić information content (AvgIpc) is 2.32. The molecule has 0 amide bonds. The molecule has 2 aliphatic rings. The summed E-state index contributed by atoms with van der Waals surface area (Å²) in [6.45, 7) is 11.5. The number of ether oxygens (including phenoxy) is 2. The molecule has 0 unspecified atom stereocenters. The van der Waals surface area contributed by atoms with Crippen LogP contribution in [0.25, 0.3) is 0 Å². The number of morpholine rings is 2. The lowest BCUT2D eigenvalue weighted by molar-refractivity contribution is 0.0405. The predicted octanol–water partition coefficient (Wildman–Crippen LogP) is 0.287. The van der Waals surface area contributed by atoms with E-state index in [2.05, 4.69) is 23.8 Å². The third kappa shape index (κ3) is 6.10. The lowest BCUT2D eigenvalue weighted by Gasteiger charge is -2.24. The summed E-state index contributed by atoms with van der Waals surface area (Å²) in [4.78, 5) is 4.66. The van der Waals surface area contributed by atoms with Crippen LogP contribution in [0.15, 0.2) is 0 Å². The fourth-order valence-electron chi connectivity index (χ4n) is 1.57. The van der Waals surface area contributed by atoms with Crippen molar-refractivity contribution in [3.05, 3.63) is 0 Å². The van der Waals surface area contributed by atoms with Gasteiger partial charge in [0, 0.05) is 26.2 Å². The summed E-state index contributed by atoms with van der Waals surface area (Å²) in [6, 6.07) is 0. The lowest BCUT2D eigenvalue weighted by atomic mass is 10.4. The van der Waals surface area contributed by atoms with Crippen LogP contribution >= 0.6 is 0 Å². The van der Waals surface area contributed by atoms with Gasteiger partial charge in [0.1, 0.15) is 0 Å². The van der Waals surface area contributed by atoms with Crippen molar-refractivity contribution in [1.82, 2.24) is 9.80 Å². The molecular weight excluding hydrogens is 192 g/mol. The molecule has 90 valence electrons. The predicted molar refractivity (Wildman–Crippen MR) is 61.2 cm³/mol. The molecule has 2 rings (SSSR count). The highest BCUT2D eigenvalue weighted by Crippen LogP contribution is 1.93. The Morgan fingerprint density at radius 2 is 1.33 bits per heavy atom. The summed E-state index contributed by atoms with van der Waals surface area (Å²) >= 11 is 0. The van der Waals surface area contributed by atoms with Crippen molar-refractivity contribution in [2.75, 3.05) is 66.2 Å². The van der Waals surface area contributed by atoms with Gasteiger partial charge >= 0.3 is 0 Å². The molecule has 2 saturated heterocycles. The smallest absolute Gasteiger partial charge is 0.0594 e. The molecule has 2 aliphatic heterocycles. The number of likely N-dealkylation sites (N-methyl/N-ethyl adjacent to an activating group) is 2. The highest BCUT2D eigenvalue weighted by molar-refractivity contribution is 4.57. The Kier molecular flexibility index (Phi) is 6.92. The first kappa shape index (κ1) is 12.9. The fraction of sp³-hybridized carbons (Fsp3) is 1.00. The maximum atomic E-state index is 5.16. The molecule has 15 heavy (non-hydrogen) atoms. The van der Waals surface area contributed by atoms with Gasteiger partial charge in [-0.25, -0.2) is 0 Å². The molecule has 0 atom stereocenters. The summed E-state index contributed by atoms with van der Waals surface area (Å²) in [5.41, 5.74) is 0. The first-order valence-corrected chi connectivity index (χ1v) is 5.89. The minimum atomic E-state index is 0.913. The van der Waals surface area contributed by atoms with Crippen LogP contribution in [-0.4, -0.2) is 76.0 Å². The van der Waals surface area contributed by atoms with Gasteiger partial charge in [-0.1, -0.05) is 6.92 Å². The van der Waals surface area contributed by atoms with Gasteiger partial charge in [0.2, 0.25) is 0 Å². The number of rotatable bonds is 1. The summed E-state index contributed by atoms with van der Waals surface area (Å²) in [7, 11) is 2.11. The average molecular weight is 216 g/mol. The van der Waals surface area contributed by atoms with Crippen LogP contribution in [-0.2, 0) is 9.47 Å². The molecule has 0 aliphatic carbocycles. The summed E-state index contributed by atoms with van der Waals surface area (Å²) in [6.07, 6.45) is 0. The Bertz CT molecular complexity index is 144. The van der Waals surface area contributed by atoms with Crippen LogP contribution in [0.4, 0.5) is 0 Å². The van der Waals surface area contributed by atoms with E-state index in [1.165, 1.54) is 6.54 Å². The van der Waals surface area contributed by atoms with Crippen LogP contribution in [0.1, 0.15) is 6.92 Å². The summed E-state index contributed by atoms with van der Waals surface area (Å²) < 4.78 is 10.3. The second-order valence-electron chi connectivity index (χ2n) is 3.96. The molecule has 0 aromatic rings. The molecular formula is C11H24N2O2. The van der Waals surface area contributed by atoms with Gasteiger partial charge in [0.25, 0.3) is 0 Å². The zero-order valence-corrected chi connectivity index (χ0v) is 10.1. The van der Waals surface area contributed by atoms with E-state index >= 15 is 0 Å².